The van der Waals surface area contributed by atoms with Gasteiger partial charge in [0.05, 0.1) is 22.2 Å². The van der Waals surface area contributed by atoms with Crippen LogP contribution in [0.1, 0.15) is 5.56 Å². The Morgan fingerprint density at radius 3 is 2.36 bits per heavy atom. The van der Waals surface area contributed by atoms with Gasteiger partial charge in [-0.25, -0.2) is 12.8 Å². The number of ether oxygens (including phenoxy) is 1. The molecule has 0 saturated heterocycles. The summed E-state index contributed by atoms with van der Waals surface area (Å²) in [5, 5.41) is 42.7. The predicted molar refractivity (Wildman–Crippen MR) is 133 cm³/mol. The SMILES string of the molecule is O=S(=O)(Nc1cc(OC[C@@H](O)CN[C@H](CO)Cc2ccc(O)c(Cl)c2)ccc1O)c1ccc(F)cc1. The topological polar surface area (TPSA) is 148 Å². The van der Waals surface area contributed by atoms with Crippen LogP contribution in [0.15, 0.2) is 65.6 Å². The lowest BCUT2D eigenvalue weighted by molar-refractivity contribution is 0.0997. The molecule has 2 atom stereocenters. The maximum Gasteiger partial charge on any atom is 0.262 e. The molecule has 12 heteroatoms. The summed E-state index contributed by atoms with van der Waals surface area (Å²) in [5.74, 6) is -0.797. The fourth-order valence-electron chi connectivity index (χ4n) is 3.22. The highest BCUT2D eigenvalue weighted by Crippen LogP contribution is 2.30. The van der Waals surface area contributed by atoms with Gasteiger partial charge in [0.1, 0.15) is 35.8 Å². The summed E-state index contributed by atoms with van der Waals surface area (Å²) in [6.45, 7) is -0.286. The fraction of sp³-hybridized carbons (Fsp3) is 0.250. The van der Waals surface area contributed by atoms with Gasteiger partial charge < -0.3 is 30.5 Å². The van der Waals surface area contributed by atoms with Crippen molar-refractivity contribution in [1.82, 2.24) is 5.32 Å². The Balaban J connectivity index is 1.54. The lowest BCUT2D eigenvalue weighted by Crippen LogP contribution is -2.41. The van der Waals surface area contributed by atoms with E-state index in [0.29, 0.717) is 6.42 Å². The third kappa shape index (κ3) is 7.70. The molecule has 0 bridgehead atoms. The fourth-order valence-corrected chi connectivity index (χ4v) is 4.49. The first kappa shape index (κ1) is 27.5. The zero-order valence-electron chi connectivity index (χ0n) is 18.9. The largest absolute Gasteiger partial charge is 0.506 e. The Morgan fingerprint density at radius 2 is 1.69 bits per heavy atom. The molecular formula is C24H26ClFN2O7S. The van der Waals surface area contributed by atoms with Crippen molar-refractivity contribution in [2.24, 2.45) is 0 Å². The summed E-state index contributed by atoms with van der Waals surface area (Å²) >= 11 is 5.90. The van der Waals surface area contributed by atoms with Crippen LogP contribution in [-0.4, -0.2) is 60.7 Å². The summed E-state index contributed by atoms with van der Waals surface area (Å²) in [5.41, 5.74) is 0.632. The minimum absolute atomic E-state index is 0.0397. The van der Waals surface area contributed by atoms with E-state index in [4.69, 9.17) is 16.3 Å². The summed E-state index contributed by atoms with van der Waals surface area (Å²) in [4.78, 5) is -0.191. The number of phenolic OH excluding ortho intramolecular Hbond substituents is 2. The van der Waals surface area contributed by atoms with Crippen molar-refractivity contribution >= 4 is 27.3 Å². The van der Waals surface area contributed by atoms with Crippen LogP contribution in [-0.2, 0) is 16.4 Å². The van der Waals surface area contributed by atoms with E-state index in [1.165, 1.54) is 24.3 Å². The number of hydrogen-bond acceptors (Lipinski definition) is 8. The third-order valence-electron chi connectivity index (χ3n) is 5.14. The second kappa shape index (κ2) is 12.2. The normalized spacial score (nSPS) is 13.2. The number of halogens is 2. The summed E-state index contributed by atoms with van der Waals surface area (Å²) in [7, 11) is -4.09. The number of phenols is 2. The van der Waals surface area contributed by atoms with Gasteiger partial charge in [-0.15, -0.1) is 0 Å². The molecule has 3 aromatic carbocycles. The van der Waals surface area contributed by atoms with E-state index in [2.05, 4.69) is 10.0 Å². The molecule has 0 aliphatic rings. The maximum atomic E-state index is 13.1. The zero-order valence-corrected chi connectivity index (χ0v) is 20.5. The molecule has 3 aromatic rings. The van der Waals surface area contributed by atoms with Gasteiger partial charge in [0, 0.05) is 18.7 Å². The average molecular weight is 541 g/mol. The number of aromatic hydroxyl groups is 2. The summed E-state index contributed by atoms with van der Waals surface area (Å²) < 4.78 is 45.9. The van der Waals surface area contributed by atoms with Gasteiger partial charge in [-0.05, 0) is 60.5 Å². The molecule has 0 aliphatic heterocycles. The molecule has 0 unspecified atom stereocenters. The van der Waals surface area contributed by atoms with Gasteiger partial charge in [-0.2, -0.15) is 0 Å². The first-order valence-electron chi connectivity index (χ1n) is 10.8. The Kier molecular flexibility index (Phi) is 9.35. The number of aliphatic hydroxyl groups is 2. The molecular weight excluding hydrogens is 515 g/mol. The Bertz CT molecular complexity index is 1280. The van der Waals surface area contributed by atoms with Gasteiger partial charge in [0.25, 0.3) is 10.0 Å². The number of sulfonamides is 1. The van der Waals surface area contributed by atoms with Crippen LogP contribution in [0.5, 0.6) is 17.2 Å². The van der Waals surface area contributed by atoms with E-state index in [-0.39, 0.29) is 58.7 Å². The van der Waals surface area contributed by atoms with Gasteiger partial charge in [-0.1, -0.05) is 17.7 Å². The standard InChI is InChI=1S/C24H26ClFN2O7S/c25-21-10-15(1-7-23(21)31)9-17(13-29)27-12-18(30)14-35-19-4-8-24(32)22(11-19)28-36(33,34)20-5-2-16(26)3-6-20/h1-8,10-11,17-18,27-32H,9,12-14H2/t17-,18-/m0/s1. The molecule has 0 fully saturated rings. The molecule has 0 radical (unpaired) electrons. The van der Waals surface area contributed by atoms with E-state index < -0.39 is 21.9 Å². The number of rotatable bonds is 12. The van der Waals surface area contributed by atoms with Crippen LogP contribution in [0, 0.1) is 5.82 Å². The molecule has 36 heavy (non-hydrogen) atoms. The van der Waals surface area contributed by atoms with Gasteiger partial charge in [0.2, 0.25) is 0 Å². The van der Waals surface area contributed by atoms with Crippen molar-refractivity contribution in [3.8, 4) is 17.2 Å². The van der Waals surface area contributed by atoms with Gasteiger partial charge in [0.15, 0.2) is 0 Å². The summed E-state index contributed by atoms with van der Waals surface area (Å²) in [6.07, 6.45) is -0.574. The highest BCUT2D eigenvalue weighted by atomic mass is 35.5. The lowest BCUT2D eigenvalue weighted by atomic mass is 10.1. The lowest BCUT2D eigenvalue weighted by Gasteiger charge is -2.20. The molecule has 0 aromatic heterocycles. The van der Waals surface area contributed by atoms with Crippen LogP contribution in [0.3, 0.4) is 0 Å². The van der Waals surface area contributed by atoms with Crippen LogP contribution < -0.4 is 14.8 Å². The minimum Gasteiger partial charge on any atom is -0.506 e. The predicted octanol–water partition coefficient (Wildman–Crippen LogP) is 2.62. The molecule has 6 N–H and O–H groups in total. The number of hydrogen-bond donors (Lipinski definition) is 6. The molecule has 3 rings (SSSR count). The zero-order chi connectivity index (χ0) is 26.3. The van der Waals surface area contributed by atoms with E-state index >= 15 is 0 Å². The molecule has 0 amide bonds. The Morgan fingerprint density at radius 1 is 1.00 bits per heavy atom. The van der Waals surface area contributed by atoms with Crippen molar-refractivity contribution in [2.75, 3.05) is 24.5 Å². The molecule has 194 valence electrons. The van der Waals surface area contributed by atoms with Crippen LogP contribution in [0.2, 0.25) is 5.02 Å². The number of benzene rings is 3. The smallest absolute Gasteiger partial charge is 0.262 e. The van der Waals surface area contributed by atoms with Gasteiger partial charge >= 0.3 is 0 Å². The Hall–Kier alpha value is -3.09. The van der Waals surface area contributed by atoms with Crippen molar-refractivity contribution in [1.29, 1.82) is 0 Å². The molecule has 0 heterocycles. The van der Waals surface area contributed by atoms with Crippen LogP contribution in [0.25, 0.3) is 0 Å². The second-order valence-electron chi connectivity index (χ2n) is 7.98. The molecule has 9 nitrogen and oxygen atoms in total. The van der Waals surface area contributed by atoms with E-state index in [9.17, 15) is 33.2 Å². The average Bonchev–Trinajstić information content (AvgIpc) is 2.84. The van der Waals surface area contributed by atoms with Crippen molar-refractivity contribution in [3.05, 3.63) is 77.1 Å². The van der Waals surface area contributed by atoms with Gasteiger partial charge in [-0.3, -0.25) is 4.72 Å². The number of nitrogens with one attached hydrogen (secondary N) is 2. The maximum absolute atomic E-state index is 13.1. The van der Waals surface area contributed by atoms with E-state index in [1.807, 2.05) is 0 Å². The Labute approximate surface area is 212 Å². The highest BCUT2D eigenvalue weighted by Gasteiger charge is 2.18. The van der Waals surface area contributed by atoms with Crippen LogP contribution >= 0.6 is 11.6 Å². The quantitative estimate of drug-likeness (QED) is 0.192. The number of aliphatic hydroxyl groups excluding tert-OH is 2. The monoisotopic (exact) mass is 540 g/mol. The van der Waals surface area contributed by atoms with E-state index in [0.717, 1.165) is 29.8 Å². The van der Waals surface area contributed by atoms with Crippen molar-refractivity contribution < 1.29 is 38.0 Å². The molecule has 0 aliphatic carbocycles. The van der Waals surface area contributed by atoms with Crippen LogP contribution in [0.4, 0.5) is 10.1 Å². The summed E-state index contributed by atoms with van der Waals surface area (Å²) in [6, 6.07) is 12.4. The molecule has 0 saturated carbocycles. The first-order valence-corrected chi connectivity index (χ1v) is 12.7. The van der Waals surface area contributed by atoms with E-state index in [1.54, 1.807) is 12.1 Å². The van der Waals surface area contributed by atoms with Crippen molar-refractivity contribution in [2.45, 2.75) is 23.5 Å². The molecule has 0 spiro atoms. The minimum atomic E-state index is -4.09. The number of anilines is 1. The third-order valence-corrected chi connectivity index (χ3v) is 6.82. The first-order chi connectivity index (χ1) is 17.1. The highest BCUT2D eigenvalue weighted by molar-refractivity contribution is 7.92. The van der Waals surface area contributed by atoms with Crippen molar-refractivity contribution in [3.63, 3.8) is 0 Å². The second-order valence-corrected chi connectivity index (χ2v) is 10.1.